The second-order valence-corrected chi connectivity index (χ2v) is 5.69. The van der Waals surface area contributed by atoms with Gasteiger partial charge in [0.1, 0.15) is 0 Å². The quantitative estimate of drug-likeness (QED) is 0.866. The first kappa shape index (κ1) is 11.8. The molecule has 4 heteroatoms. The van der Waals surface area contributed by atoms with Gasteiger partial charge >= 0.3 is 0 Å². The average Bonchev–Trinajstić information content (AvgIpc) is 2.64. The number of aliphatic hydroxyl groups excluding tert-OH is 1. The molecule has 1 amide bonds. The normalized spacial score (nSPS) is 23.5. The number of fused-ring (bicyclic) bond motifs is 1. The van der Waals surface area contributed by atoms with Crippen molar-refractivity contribution < 1.29 is 9.90 Å². The lowest BCUT2D eigenvalue weighted by Crippen LogP contribution is -2.39. The maximum Gasteiger partial charge on any atom is 0.289 e. The van der Waals surface area contributed by atoms with E-state index >= 15 is 0 Å². The van der Waals surface area contributed by atoms with E-state index in [1.807, 2.05) is 24.3 Å². The van der Waals surface area contributed by atoms with Gasteiger partial charge in [0.2, 0.25) is 0 Å². The summed E-state index contributed by atoms with van der Waals surface area (Å²) in [5.74, 6) is -0.276. The van der Waals surface area contributed by atoms with E-state index in [1.54, 1.807) is 4.90 Å². The summed E-state index contributed by atoms with van der Waals surface area (Å²) in [7, 11) is 0. The summed E-state index contributed by atoms with van der Waals surface area (Å²) in [4.78, 5) is 13.8. The zero-order chi connectivity index (χ0) is 12.7. The molecule has 0 radical (unpaired) electrons. The molecule has 1 saturated heterocycles. The molecule has 0 saturated carbocycles. The average molecular weight is 308 g/mol. The fourth-order valence-corrected chi connectivity index (χ4v) is 3.11. The summed E-state index contributed by atoms with van der Waals surface area (Å²) in [6.45, 7) is 0.758. The lowest BCUT2D eigenvalue weighted by molar-refractivity contribution is -0.130. The van der Waals surface area contributed by atoms with Crippen LogP contribution < -0.4 is 0 Å². The van der Waals surface area contributed by atoms with Gasteiger partial charge in [0.05, 0.1) is 6.04 Å². The molecule has 2 aliphatic rings. The SMILES string of the molecule is O=C1C(O)=C(c2ccc(Br)cc2)C2CCCCN12. The highest BCUT2D eigenvalue weighted by Gasteiger charge is 2.40. The summed E-state index contributed by atoms with van der Waals surface area (Å²) >= 11 is 3.39. The predicted octanol–water partition coefficient (Wildman–Crippen LogP) is 3.11. The number of piperidine rings is 1. The number of amides is 1. The fourth-order valence-electron chi connectivity index (χ4n) is 2.84. The first-order valence-electron chi connectivity index (χ1n) is 6.18. The van der Waals surface area contributed by atoms with Gasteiger partial charge in [-0.2, -0.15) is 0 Å². The second kappa shape index (κ2) is 4.43. The molecule has 1 aromatic rings. The Bertz CT molecular complexity index is 521. The Kier molecular flexibility index (Phi) is 2.90. The Morgan fingerprint density at radius 3 is 2.67 bits per heavy atom. The van der Waals surface area contributed by atoms with E-state index in [1.165, 1.54) is 0 Å². The highest BCUT2D eigenvalue weighted by molar-refractivity contribution is 9.10. The highest BCUT2D eigenvalue weighted by Crippen LogP contribution is 2.37. The van der Waals surface area contributed by atoms with Crippen LogP contribution in [-0.4, -0.2) is 28.5 Å². The van der Waals surface area contributed by atoms with Crippen LogP contribution in [-0.2, 0) is 4.79 Å². The third kappa shape index (κ3) is 1.75. The third-order valence-electron chi connectivity index (χ3n) is 3.71. The number of rotatable bonds is 1. The van der Waals surface area contributed by atoms with E-state index in [-0.39, 0.29) is 17.7 Å². The Morgan fingerprint density at radius 1 is 1.22 bits per heavy atom. The van der Waals surface area contributed by atoms with Crippen LogP contribution in [0.15, 0.2) is 34.5 Å². The molecule has 94 valence electrons. The van der Waals surface area contributed by atoms with E-state index < -0.39 is 0 Å². The Balaban J connectivity index is 2.03. The Hall–Kier alpha value is -1.29. The van der Waals surface area contributed by atoms with Crippen molar-refractivity contribution in [2.75, 3.05) is 6.54 Å². The summed E-state index contributed by atoms with van der Waals surface area (Å²) in [6.07, 6.45) is 3.09. The van der Waals surface area contributed by atoms with Gasteiger partial charge in [-0.1, -0.05) is 28.1 Å². The number of nitrogens with zero attached hydrogens (tertiary/aromatic N) is 1. The van der Waals surface area contributed by atoms with Crippen LogP contribution >= 0.6 is 15.9 Å². The molecule has 2 aliphatic heterocycles. The summed E-state index contributed by atoms with van der Waals surface area (Å²) in [5, 5.41) is 10.1. The van der Waals surface area contributed by atoms with Crippen molar-refractivity contribution in [3.05, 3.63) is 40.1 Å². The van der Waals surface area contributed by atoms with Gasteiger partial charge in [-0.25, -0.2) is 0 Å². The molecule has 0 bridgehead atoms. The molecule has 0 aromatic heterocycles. The number of hydrogen-bond donors (Lipinski definition) is 1. The third-order valence-corrected chi connectivity index (χ3v) is 4.24. The van der Waals surface area contributed by atoms with Crippen molar-refractivity contribution >= 4 is 27.4 Å². The molecular weight excluding hydrogens is 294 g/mol. The van der Waals surface area contributed by atoms with Crippen LogP contribution in [0.2, 0.25) is 0 Å². The minimum atomic E-state index is -0.211. The van der Waals surface area contributed by atoms with Crippen LogP contribution in [0.1, 0.15) is 24.8 Å². The molecule has 0 aliphatic carbocycles. The van der Waals surface area contributed by atoms with Gasteiger partial charge in [-0.15, -0.1) is 0 Å². The summed E-state index contributed by atoms with van der Waals surface area (Å²) in [5.41, 5.74) is 1.74. The monoisotopic (exact) mass is 307 g/mol. The molecule has 1 N–H and O–H groups in total. The zero-order valence-corrected chi connectivity index (χ0v) is 11.5. The van der Waals surface area contributed by atoms with Gasteiger partial charge in [-0.3, -0.25) is 4.79 Å². The van der Waals surface area contributed by atoms with Crippen LogP contribution in [0.5, 0.6) is 0 Å². The molecule has 2 heterocycles. The van der Waals surface area contributed by atoms with Crippen LogP contribution in [0.3, 0.4) is 0 Å². The van der Waals surface area contributed by atoms with Gasteiger partial charge < -0.3 is 10.0 Å². The lowest BCUT2D eigenvalue weighted by Gasteiger charge is -2.31. The van der Waals surface area contributed by atoms with Gasteiger partial charge in [0.25, 0.3) is 5.91 Å². The standard InChI is InChI=1S/C14H14BrNO2/c15-10-6-4-9(5-7-10)12-11-3-1-2-8-16(11)14(18)13(12)17/h4-7,11,17H,1-3,8H2. The number of benzene rings is 1. The first-order chi connectivity index (χ1) is 8.68. The van der Waals surface area contributed by atoms with Crippen molar-refractivity contribution in [1.82, 2.24) is 4.90 Å². The maximum absolute atomic E-state index is 12.0. The number of halogens is 1. The first-order valence-corrected chi connectivity index (χ1v) is 6.98. The molecule has 3 nitrogen and oxygen atoms in total. The summed E-state index contributed by atoms with van der Waals surface area (Å²) in [6, 6.07) is 7.83. The molecule has 1 atom stereocenters. The van der Waals surface area contributed by atoms with Gasteiger partial charge in [0, 0.05) is 16.6 Å². The van der Waals surface area contributed by atoms with E-state index in [2.05, 4.69) is 15.9 Å². The number of hydrogen-bond acceptors (Lipinski definition) is 2. The van der Waals surface area contributed by atoms with Crippen molar-refractivity contribution in [3.63, 3.8) is 0 Å². The fraction of sp³-hybridized carbons (Fsp3) is 0.357. The van der Waals surface area contributed by atoms with Crippen molar-refractivity contribution in [2.24, 2.45) is 0 Å². The highest BCUT2D eigenvalue weighted by atomic mass is 79.9. The van der Waals surface area contributed by atoms with Crippen molar-refractivity contribution in [3.8, 4) is 0 Å². The minimum absolute atomic E-state index is 0.0624. The van der Waals surface area contributed by atoms with Gasteiger partial charge in [0.15, 0.2) is 5.76 Å². The predicted molar refractivity (Wildman–Crippen MR) is 73.0 cm³/mol. The summed E-state index contributed by atoms with van der Waals surface area (Å²) < 4.78 is 0.996. The van der Waals surface area contributed by atoms with Gasteiger partial charge in [-0.05, 0) is 37.0 Å². The number of aliphatic hydroxyl groups is 1. The van der Waals surface area contributed by atoms with Crippen LogP contribution in [0.4, 0.5) is 0 Å². The van der Waals surface area contributed by atoms with Crippen molar-refractivity contribution in [1.29, 1.82) is 0 Å². The minimum Gasteiger partial charge on any atom is -0.503 e. The van der Waals surface area contributed by atoms with E-state index in [9.17, 15) is 9.90 Å². The molecule has 18 heavy (non-hydrogen) atoms. The Labute approximate surface area is 114 Å². The smallest absolute Gasteiger partial charge is 0.289 e. The Morgan fingerprint density at radius 2 is 1.94 bits per heavy atom. The second-order valence-electron chi connectivity index (χ2n) is 4.78. The molecule has 1 unspecified atom stereocenters. The maximum atomic E-state index is 12.0. The van der Waals surface area contributed by atoms with E-state index in [0.29, 0.717) is 0 Å². The van der Waals surface area contributed by atoms with Crippen LogP contribution in [0.25, 0.3) is 5.57 Å². The van der Waals surface area contributed by atoms with E-state index in [4.69, 9.17) is 0 Å². The van der Waals surface area contributed by atoms with E-state index in [0.717, 1.165) is 41.4 Å². The number of carbonyl (C=O) groups excluding carboxylic acids is 1. The van der Waals surface area contributed by atoms with Crippen LogP contribution in [0, 0.1) is 0 Å². The largest absolute Gasteiger partial charge is 0.503 e. The topological polar surface area (TPSA) is 40.5 Å². The molecule has 1 aromatic carbocycles. The molecule has 0 spiro atoms. The lowest BCUT2D eigenvalue weighted by atomic mass is 9.93. The zero-order valence-electron chi connectivity index (χ0n) is 9.90. The molecule has 3 rings (SSSR count). The molecular formula is C14H14BrNO2. The van der Waals surface area contributed by atoms with Crippen molar-refractivity contribution in [2.45, 2.75) is 25.3 Å². The molecule has 1 fully saturated rings. The number of carbonyl (C=O) groups is 1.